The highest BCUT2D eigenvalue weighted by Crippen LogP contribution is 2.20. The molecule has 0 bridgehead atoms. The Morgan fingerprint density at radius 1 is 0.938 bits per heavy atom. The number of hydrogen-bond acceptors (Lipinski definition) is 5. The molecule has 0 aromatic heterocycles. The molecule has 7 nitrogen and oxygen atoms in total. The van der Waals surface area contributed by atoms with Crippen molar-refractivity contribution < 1.29 is 9.47 Å². The molecule has 0 aliphatic carbocycles. The monoisotopic (exact) mass is 553 g/mol. The van der Waals surface area contributed by atoms with Crippen LogP contribution in [0, 0.1) is 0 Å². The van der Waals surface area contributed by atoms with Crippen LogP contribution in [0.25, 0.3) is 0 Å². The third-order valence-corrected chi connectivity index (χ3v) is 5.62. The largest absolute Gasteiger partial charge is 0.497 e. The van der Waals surface area contributed by atoms with E-state index in [9.17, 15) is 0 Å². The summed E-state index contributed by atoms with van der Waals surface area (Å²) in [6.45, 7) is 6.96. The van der Waals surface area contributed by atoms with Gasteiger partial charge in [-0.2, -0.15) is 0 Å². The second-order valence-electron chi connectivity index (χ2n) is 7.54. The van der Waals surface area contributed by atoms with E-state index in [1.165, 1.54) is 5.69 Å². The van der Waals surface area contributed by atoms with Gasteiger partial charge in [0.1, 0.15) is 11.5 Å². The van der Waals surface area contributed by atoms with Crippen molar-refractivity contribution in [3.8, 4) is 11.5 Å². The van der Waals surface area contributed by atoms with E-state index in [1.54, 1.807) is 21.3 Å². The van der Waals surface area contributed by atoms with Crippen molar-refractivity contribution in [2.45, 2.75) is 13.0 Å². The van der Waals surface area contributed by atoms with Crippen LogP contribution in [-0.2, 0) is 6.54 Å². The molecule has 1 heterocycles. The second kappa shape index (κ2) is 14.1. The Hall–Kier alpha value is -2.20. The summed E-state index contributed by atoms with van der Waals surface area (Å²) in [4.78, 5) is 9.30. The fourth-order valence-electron chi connectivity index (χ4n) is 3.78. The molecule has 2 N–H and O–H groups in total. The van der Waals surface area contributed by atoms with Crippen LogP contribution in [0.4, 0.5) is 5.69 Å². The number of guanidine groups is 1. The van der Waals surface area contributed by atoms with Crippen LogP contribution in [0.2, 0.25) is 0 Å². The van der Waals surface area contributed by atoms with E-state index in [4.69, 9.17) is 9.47 Å². The molecule has 32 heavy (non-hydrogen) atoms. The number of benzene rings is 2. The first-order valence-electron chi connectivity index (χ1n) is 10.9. The van der Waals surface area contributed by atoms with Gasteiger partial charge in [0.25, 0.3) is 0 Å². The first kappa shape index (κ1) is 26.1. The van der Waals surface area contributed by atoms with E-state index in [0.717, 1.165) is 68.7 Å². The van der Waals surface area contributed by atoms with Crippen LogP contribution < -0.4 is 25.0 Å². The summed E-state index contributed by atoms with van der Waals surface area (Å²) in [5.41, 5.74) is 2.38. The van der Waals surface area contributed by atoms with Crippen LogP contribution in [0.15, 0.2) is 53.5 Å². The van der Waals surface area contributed by atoms with Crippen molar-refractivity contribution in [2.24, 2.45) is 4.99 Å². The molecule has 0 saturated carbocycles. The average Bonchev–Trinajstić information content (AvgIpc) is 2.84. The summed E-state index contributed by atoms with van der Waals surface area (Å²) >= 11 is 0. The van der Waals surface area contributed by atoms with Gasteiger partial charge in [-0.3, -0.25) is 9.89 Å². The molecule has 1 aliphatic heterocycles. The Morgan fingerprint density at radius 2 is 1.66 bits per heavy atom. The van der Waals surface area contributed by atoms with Gasteiger partial charge in [-0.25, -0.2) is 0 Å². The van der Waals surface area contributed by atoms with Crippen LogP contribution in [0.1, 0.15) is 12.0 Å². The van der Waals surface area contributed by atoms with E-state index in [2.05, 4.69) is 43.6 Å². The smallest absolute Gasteiger partial charge is 0.191 e. The Morgan fingerprint density at radius 3 is 2.31 bits per heavy atom. The summed E-state index contributed by atoms with van der Waals surface area (Å²) in [5, 5.41) is 6.77. The third kappa shape index (κ3) is 7.74. The van der Waals surface area contributed by atoms with Gasteiger partial charge < -0.3 is 25.0 Å². The fraction of sp³-hybridized carbons (Fsp3) is 0.458. The normalized spacial score (nSPS) is 14.5. The zero-order valence-corrected chi connectivity index (χ0v) is 21.7. The first-order valence-corrected chi connectivity index (χ1v) is 10.9. The SMILES string of the molecule is CN=C(NCCCN1CCN(c2ccc(OC)cc2)CC1)NCc1ccccc1OC.I. The molecule has 2 aromatic rings. The van der Waals surface area contributed by atoms with E-state index in [1.807, 2.05) is 30.3 Å². The quantitative estimate of drug-likeness (QED) is 0.215. The number of piperazine rings is 1. The van der Waals surface area contributed by atoms with Gasteiger partial charge in [-0.05, 0) is 43.3 Å². The van der Waals surface area contributed by atoms with E-state index in [-0.39, 0.29) is 24.0 Å². The standard InChI is InChI=1S/C24H35N5O2.HI/c1-25-24(27-19-20-7-4-5-8-23(20)31-3)26-13-6-14-28-15-17-29(18-16-28)21-9-11-22(30-2)12-10-21;/h4-5,7-12H,6,13-19H2,1-3H3,(H2,25,26,27);1H. The van der Waals surface area contributed by atoms with Crippen LogP contribution >= 0.6 is 24.0 Å². The van der Waals surface area contributed by atoms with Gasteiger partial charge in [0, 0.05) is 57.6 Å². The molecule has 0 amide bonds. The lowest BCUT2D eigenvalue weighted by atomic mass is 10.2. The zero-order chi connectivity index (χ0) is 21.9. The minimum Gasteiger partial charge on any atom is -0.497 e. The Kier molecular flexibility index (Phi) is 11.4. The molecular formula is C24H36IN5O2. The lowest BCUT2D eigenvalue weighted by Gasteiger charge is -2.36. The number of hydrogen-bond donors (Lipinski definition) is 2. The van der Waals surface area contributed by atoms with Crippen molar-refractivity contribution in [3.63, 3.8) is 0 Å². The molecule has 0 unspecified atom stereocenters. The molecule has 0 radical (unpaired) electrons. The topological polar surface area (TPSA) is 61.4 Å². The van der Waals surface area contributed by atoms with Crippen LogP contribution in [0.5, 0.6) is 11.5 Å². The molecule has 8 heteroatoms. The lowest BCUT2D eigenvalue weighted by Crippen LogP contribution is -2.47. The molecule has 1 fully saturated rings. The van der Waals surface area contributed by atoms with Gasteiger partial charge in [-0.15, -0.1) is 24.0 Å². The van der Waals surface area contributed by atoms with E-state index in [0.29, 0.717) is 6.54 Å². The number of nitrogens with zero attached hydrogens (tertiary/aromatic N) is 3. The second-order valence-corrected chi connectivity index (χ2v) is 7.54. The van der Waals surface area contributed by atoms with E-state index >= 15 is 0 Å². The van der Waals surface area contributed by atoms with Crippen LogP contribution in [0.3, 0.4) is 0 Å². The van der Waals surface area contributed by atoms with Gasteiger partial charge in [-0.1, -0.05) is 18.2 Å². The summed E-state index contributed by atoms with van der Waals surface area (Å²) < 4.78 is 10.7. The molecular weight excluding hydrogens is 517 g/mol. The van der Waals surface area contributed by atoms with Crippen molar-refractivity contribution in [1.82, 2.24) is 15.5 Å². The number of methoxy groups -OCH3 is 2. The summed E-state index contributed by atoms with van der Waals surface area (Å²) in [6.07, 6.45) is 1.08. The van der Waals surface area contributed by atoms with Gasteiger partial charge in [0.2, 0.25) is 0 Å². The highest BCUT2D eigenvalue weighted by molar-refractivity contribution is 14.0. The van der Waals surface area contributed by atoms with Gasteiger partial charge in [0.15, 0.2) is 5.96 Å². The summed E-state index contributed by atoms with van der Waals surface area (Å²) in [7, 11) is 5.20. The van der Waals surface area contributed by atoms with Crippen molar-refractivity contribution in [3.05, 3.63) is 54.1 Å². The maximum Gasteiger partial charge on any atom is 0.191 e. The Balaban J connectivity index is 0.00000363. The van der Waals surface area contributed by atoms with Crippen molar-refractivity contribution in [2.75, 3.05) is 65.4 Å². The minimum atomic E-state index is 0. The highest BCUT2D eigenvalue weighted by Gasteiger charge is 2.16. The maximum atomic E-state index is 5.41. The summed E-state index contributed by atoms with van der Waals surface area (Å²) in [6, 6.07) is 16.4. The number of halogens is 1. The number of anilines is 1. The number of para-hydroxylation sites is 1. The summed E-state index contributed by atoms with van der Waals surface area (Å²) in [5.74, 6) is 2.61. The predicted molar refractivity (Wildman–Crippen MR) is 143 cm³/mol. The zero-order valence-electron chi connectivity index (χ0n) is 19.3. The molecule has 1 saturated heterocycles. The fourth-order valence-corrected chi connectivity index (χ4v) is 3.78. The molecule has 3 rings (SSSR count). The number of rotatable bonds is 9. The number of aliphatic imine (C=N–C) groups is 1. The Labute approximate surface area is 209 Å². The van der Waals surface area contributed by atoms with Crippen molar-refractivity contribution in [1.29, 1.82) is 0 Å². The first-order chi connectivity index (χ1) is 15.2. The maximum absolute atomic E-state index is 5.41. The number of ether oxygens (including phenoxy) is 2. The Bertz CT molecular complexity index is 823. The molecule has 0 spiro atoms. The van der Waals surface area contributed by atoms with E-state index < -0.39 is 0 Å². The molecule has 2 aromatic carbocycles. The minimum absolute atomic E-state index is 0. The lowest BCUT2D eigenvalue weighted by molar-refractivity contribution is 0.255. The van der Waals surface area contributed by atoms with Crippen molar-refractivity contribution >= 4 is 35.6 Å². The van der Waals surface area contributed by atoms with Crippen LogP contribution in [-0.4, -0.2) is 71.4 Å². The number of nitrogens with one attached hydrogen (secondary N) is 2. The van der Waals surface area contributed by atoms with Gasteiger partial charge >= 0.3 is 0 Å². The predicted octanol–water partition coefficient (Wildman–Crippen LogP) is 3.20. The molecule has 176 valence electrons. The molecule has 1 aliphatic rings. The third-order valence-electron chi connectivity index (χ3n) is 5.62. The highest BCUT2D eigenvalue weighted by atomic mass is 127. The van der Waals surface area contributed by atoms with Gasteiger partial charge in [0.05, 0.1) is 14.2 Å². The average molecular weight is 553 g/mol. The molecule has 0 atom stereocenters.